The quantitative estimate of drug-likeness (QED) is 0.220. The minimum absolute atomic E-state index is 0.0584. The summed E-state index contributed by atoms with van der Waals surface area (Å²) < 4.78 is 44.9. The SMILES string of the molecule is CCc1cccc2cc(O)cc(-c3c(F)cc4c(N5C[C@H]6CC[C@@H](C5)N6)nc(OC[C@H](O)CN5[C@@H]6CC[C@H]5CC(OC)C6)nc4c3F)c12. The second-order valence-electron chi connectivity index (χ2n) is 14.1. The van der Waals surface area contributed by atoms with Crippen LogP contribution in [0.5, 0.6) is 11.8 Å². The normalized spacial score (nSPS) is 26.1. The Hall–Kier alpha value is -3.64. The molecule has 0 amide bonds. The Bertz CT molecular complexity index is 1830. The molecule has 48 heavy (non-hydrogen) atoms. The molecule has 1 aromatic heterocycles. The Labute approximate surface area is 278 Å². The largest absolute Gasteiger partial charge is 0.508 e. The van der Waals surface area contributed by atoms with Crippen LogP contribution in [0.25, 0.3) is 32.8 Å². The van der Waals surface area contributed by atoms with Gasteiger partial charge >= 0.3 is 6.01 Å². The number of aromatic nitrogens is 2. The summed E-state index contributed by atoms with van der Waals surface area (Å²) in [5.41, 5.74) is 0.871. The maximum atomic E-state index is 16.9. The molecule has 6 atom stereocenters. The minimum Gasteiger partial charge on any atom is -0.508 e. The van der Waals surface area contributed by atoms with E-state index in [9.17, 15) is 10.2 Å². The number of ether oxygens (including phenoxy) is 2. The molecule has 11 heteroatoms. The summed E-state index contributed by atoms with van der Waals surface area (Å²) in [5.74, 6) is -1.26. The number of aryl methyl sites for hydroxylation is 1. The zero-order valence-electron chi connectivity index (χ0n) is 27.5. The molecule has 5 heterocycles. The van der Waals surface area contributed by atoms with Gasteiger partial charge in [0.25, 0.3) is 0 Å². The molecular weight excluding hydrogens is 616 g/mol. The summed E-state index contributed by atoms with van der Waals surface area (Å²) in [6.45, 7) is 3.68. The van der Waals surface area contributed by atoms with E-state index in [1.54, 1.807) is 13.2 Å². The van der Waals surface area contributed by atoms with Crippen molar-refractivity contribution in [3.05, 3.63) is 53.6 Å². The summed E-state index contributed by atoms with van der Waals surface area (Å²) in [7, 11) is 1.76. The third kappa shape index (κ3) is 5.64. The molecule has 4 bridgehead atoms. The number of methoxy groups -OCH3 is 1. The first kappa shape index (κ1) is 31.6. The molecule has 0 spiro atoms. The van der Waals surface area contributed by atoms with Gasteiger partial charge in [-0.05, 0) is 85.0 Å². The van der Waals surface area contributed by atoms with Gasteiger partial charge in [0.1, 0.15) is 35.6 Å². The monoisotopic (exact) mass is 659 g/mol. The smallest absolute Gasteiger partial charge is 0.319 e. The molecule has 0 saturated carbocycles. The predicted molar refractivity (Wildman–Crippen MR) is 181 cm³/mol. The first-order chi connectivity index (χ1) is 23.3. The predicted octanol–water partition coefficient (Wildman–Crippen LogP) is 5.32. The van der Waals surface area contributed by atoms with Gasteiger partial charge < -0.3 is 29.9 Å². The van der Waals surface area contributed by atoms with Crippen molar-refractivity contribution in [1.29, 1.82) is 0 Å². The third-order valence-corrected chi connectivity index (χ3v) is 11.1. The van der Waals surface area contributed by atoms with E-state index >= 15 is 8.78 Å². The van der Waals surface area contributed by atoms with Crippen molar-refractivity contribution in [2.75, 3.05) is 38.3 Å². The van der Waals surface area contributed by atoms with Crippen LogP contribution in [-0.4, -0.2) is 94.8 Å². The molecule has 4 saturated heterocycles. The number of halogens is 2. The number of phenols is 1. The topological polar surface area (TPSA) is 103 Å². The van der Waals surface area contributed by atoms with Crippen LogP contribution < -0.4 is 15.0 Å². The third-order valence-electron chi connectivity index (χ3n) is 11.1. The number of rotatable bonds is 9. The van der Waals surface area contributed by atoms with Crippen molar-refractivity contribution >= 4 is 27.5 Å². The number of hydrogen-bond donors (Lipinski definition) is 3. The van der Waals surface area contributed by atoms with Crippen LogP contribution in [0.2, 0.25) is 0 Å². The molecule has 3 aromatic carbocycles. The number of phenolic OH excluding ortho intramolecular Hbond substituents is 1. The molecule has 0 aliphatic carbocycles. The molecule has 4 aliphatic heterocycles. The maximum absolute atomic E-state index is 16.9. The van der Waals surface area contributed by atoms with Crippen LogP contribution in [-0.2, 0) is 11.2 Å². The Kier molecular flexibility index (Phi) is 8.35. The Morgan fingerprint density at radius 3 is 2.48 bits per heavy atom. The van der Waals surface area contributed by atoms with Gasteiger partial charge in [-0.25, -0.2) is 8.78 Å². The van der Waals surface area contributed by atoms with Crippen molar-refractivity contribution < 1.29 is 28.5 Å². The van der Waals surface area contributed by atoms with Crippen molar-refractivity contribution in [2.24, 2.45) is 0 Å². The number of nitrogens with one attached hydrogen (secondary N) is 1. The highest BCUT2D eigenvalue weighted by molar-refractivity contribution is 6.03. The first-order valence-electron chi connectivity index (χ1n) is 17.3. The number of aliphatic hydroxyl groups is 1. The van der Waals surface area contributed by atoms with E-state index in [1.165, 1.54) is 12.1 Å². The average Bonchev–Trinajstić information content (AvgIpc) is 3.52. The molecule has 8 rings (SSSR count). The van der Waals surface area contributed by atoms with Crippen LogP contribution in [0.15, 0.2) is 36.4 Å². The Balaban J connectivity index is 1.17. The summed E-state index contributed by atoms with van der Waals surface area (Å²) in [6.07, 6.45) is 6.25. The van der Waals surface area contributed by atoms with Crippen molar-refractivity contribution in [2.45, 2.75) is 88.2 Å². The van der Waals surface area contributed by atoms with Gasteiger partial charge in [0, 0.05) is 56.3 Å². The van der Waals surface area contributed by atoms with Gasteiger partial charge in [-0.2, -0.15) is 9.97 Å². The van der Waals surface area contributed by atoms with Gasteiger partial charge in [0.05, 0.1) is 11.7 Å². The van der Waals surface area contributed by atoms with Gasteiger partial charge in [-0.3, -0.25) is 4.90 Å². The van der Waals surface area contributed by atoms with Gasteiger partial charge in [-0.1, -0.05) is 25.1 Å². The lowest BCUT2D eigenvalue weighted by Gasteiger charge is -2.39. The molecule has 4 aromatic rings. The lowest BCUT2D eigenvalue weighted by molar-refractivity contribution is -0.0190. The van der Waals surface area contributed by atoms with Gasteiger partial charge in [-0.15, -0.1) is 0 Å². The lowest BCUT2D eigenvalue weighted by atomic mass is 9.92. The molecule has 4 aliphatic rings. The van der Waals surface area contributed by atoms with Crippen molar-refractivity contribution in [1.82, 2.24) is 20.2 Å². The number of fused-ring (bicyclic) bond motifs is 6. The van der Waals surface area contributed by atoms with Crippen LogP contribution in [0.3, 0.4) is 0 Å². The van der Waals surface area contributed by atoms with Gasteiger partial charge in [0.15, 0.2) is 5.82 Å². The molecule has 254 valence electrons. The Morgan fingerprint density at radius 1 is 1.02 bits per heavy atom. The van der Waals surface area contributed by atoms with Crippen LogP contribution in [0.1, 0.15) is 51.0 Å². The van der Waals surface area contributed by atoms with E-state index in [2.05, 4.69) is 20.1 Å². The number of piperazine rings is 1. The fraction of sp³-hybridized carbons (Fsp3) is 0.514. The second-order valence-corrected chi connectivity index (χ2v) is 14.1. The molecule has 4 fully saturated rings. The highest BCUT2D eigenvalue weighted by atomic mass is 19.1. The van der Waals surface area contributed by atoms with E-state index in [0.717, 1.165) is 44.1 Å². The molecule has 0 radical (unpaired) electrons. The zero-order chi connectivity index (χ0) is 33.1. The summed E-state index contributed by atoms with van der Waals surface area (Å²) >= 11 is 0. The summed E-state index contributed by atoms with van der Waals surface area (Å²) in [6, 6.07) is 11.2. The summed E-state index contributed by atoms with van der Waals surface area (Å²) in [4.78, 5) is 13.7. The van der Waals surface area contributed by atoms with Crippen LogP contribution in [0, 0.1) is 11.6 Å². The van der Waals surface area contributed by atoms with E-state index in [-0.39, 0.29) is 58.6 Å². The molecule has 3 N–H and O–H groups in total. The summed E-state index contributed by atoms with van der Waals surface area (Å²) in [5, 5.41) is 27.0. The maximum Gasteiger partial charge on any atom is 0.319 e. The highest BCUT2D eigenvalue weighted by Gasteiger charge is 2.41. The van der Waals surface area contributed by atoms with Crippen molar-refractivity contribution in [3.8, 4) is 22.9 Å². The highest BCUT2D eigenvalue weighted by Crippen LogP contribution is 2.42. The number of nitrogens with zero attached hydrogens (tertiary/aromatic N) is 4. The number of piperidine rings is 1. The lowest BCUT2D eigenvalue weighted by Crippen LogP contribution is -2.51. The van der Waals surface area contributed by atoms with Crippen LogP contribution >= 0.6 is 0 Å². The van der Waals surface area contributed by atoms with E-state index in [4.69, 9.17) is 14.5 Å². The van der Waals surface area contributed by atoms with E-state index < -0.39 is 17.7 Å². The molecule has 1 unspecified atom stereocenters. The van der Waals surface area contributed by atoms with Crippen LogP contribution in [0.4, 0.5) is 14.6 Å². The van der Waals surface area contributed by atoms with Gasteiger partial charge in [0.2, 0.25) is 0 Å². The number of benzene rings is 3. The number of aromatic hydroxyl groups is 1. The molecular formula is C37H43F2N5O4. The second kappa shape index (κ2) is 12.7. The number of anilines is 1. The number of hydrogen-bond acceptors (Lipinski definition) is 9. The average molecular weight is 660 g/mol. The number of aliphatic hydroxyl groups excluding tert-OH is 1. The van der Waals surface area contributed by atoms with E-state index in [1.807, 2.05) is 25.1 Å². The fourth-order valence-electron chi connectivity index (χ4n) is 8.85. The minimum atomic E-state index is -0.840. The molecule has 9 nitrogen and oxygen atoms in total. The van der Waals surface area contributed by atoms with Crippen molar-refractivity contribution in [3.63, 3.8) is 0 Å². The standard InChI is InChI=1S/C37H43F2N5O4/c1-3-20-5-4-6-21-11-26(45)14-29(32(20)21)33-31(38)15-30-35(34(33)39)41-37(42-36(30)43-16-22-7-8-23(17-43)40-22)48-19-27(46)18-44-24-9-10-25(44)13-28(12-24)47-2/h4-6,11,14-15,22-25,27-28,40,45-46H,3,7-10,12-13,16-19H2,1-2H3/t22-,23+,24-,25+,27-,28?/m1/s1. The Morgan fingerprint density at radius 2 is 1.77 bits per heavy atom. The zero-order valence-corrected chi connectivity index (χ0v) is 27.5. The first-order valence-corrected chi connectivity index (χ1v) is 17.3. The van der Waals surface area contributed by atoms with E-state index in [0.29, 0.717) is 54.7 Å². The fourth-order valence-corrected chi connectivity index (χ4v) is 8.85.